The van der Waals surface area contributed by atoms with Crippen LogP contribution < -0.4 is 11.5 Å². The molecule has 11 heteroatoms. The van der Waals surface area contributed by atoms with Gasteiger partial charge in [-0.2, -0.15) is 0 Å². The number of nitrogens with two attached hydrogens (primary N) is 2. The molecule has 0 fully saturated rings. The summed E-state index contributed by atoms with van der Waals surface area (Å²) in [4.78, 5) is 30.9. The predicted octanol–water partition coefficient (Wildman–Crippen LogP) is 4.62. The molecule has 2 aromatic rings. The molecule has 0 spiro atoms. The van der Waals surface area contributed by atoms with Crippen LogP contribution in [0.15, 0.2) is 42.5 Å². The molecule has 166 valence electrons. The number of nitrogen functional groups attached to an aromatic ring is 2. The molecule has 0 saturated heterocycles. The van der Waals surface area contributed by atoms with Crippen molar-refractivity contribution in [1.29, 1.82) is 0 Å². The Morgan fingerprint density at radius 3 is 1.63 bits per heavy atom. The maximum absolute atomic E-state index is 11.0. The summed E-state index contributed by atoms with van der Waals surface area (Å²) in [6, 6.07) is 11.6. The number of carboxylic acid groups (broad SMARTS) is 1. The van der Waals surface area contributed by atoms with Crippen LogP contribution in [0.5, 0.6) is 0 Å². The molecule has 0 saturated carbocycles. The van der Waals surface area contributed by atoms with E-state index in [0.717, 1.165) is 10.5 Å². The molecule has 0 aliphatic rings. The topological polar surface area (TPSA) is 142 Å². The highest BCUT2D eigenvalue weighted by Gasteiger charge is 2.06. The minimum Gasteiger partial charge on any atom is -0.481 e. The molecule has 0 heterocycles. The summed E-state index contributed by atoms with van der Waals surface area (Å²) in [5.74, 6) is -1.52. The first-order chi connectivity index (χ1) is 14.0. The van der Waals surface area contributed by atoms with Crippen molar-refractivity contribution < 1.29 is 29.0 Å². The normalized spacial score (nSPS) is 8.60. The van der Waals surface area contributed by atoms with Gasteiger partial charge in [-0.15, -0.1) is 0 Å². The first-order valence-corrected chi connectivity index (χ1v) is 12.1. The third-order valence-corrected chi connectivity index (χ3v) is 3.69. The lowest BCUT2D eigenvalue weighted by Crippen LogP contribution is -2.02. The molecule has 0 amide bonds. The van der Waals surface area contributed by atoms with E-state index < -0.39 is 5.97 Å². The number of esters is 2. The minimum atomic E-state index is -0.833. The number of carboxylic acids is 1. The van der Waals surface area contributed by atoms with Crippen LogP contribution in [-0.2, 0) is 14.3 Å². The van der Waals surface area contributed by atoms with Crippen molar-refractivity contribution in [3.05, 3.63) is 57.2 Å². The molecular weight excluding hydrogens is 733 g/mol. The van der Waals surface area contributed by atoms with Crippen LogP contribution in [0.2, 0.25) is 0 Å². The third kappa shape index (κ3) is 15.5. The van der Waals surface area contributed by atoms with Gasteiger partial charge in [0.2, 0.25) is 0 Å². The van der Waals surface area contributed by atoms with E-state index in [-0.39, 0.29) is 11.9 Å². The average Bonchev–Trinajstić information content (AvgIpc) is 2.70. The van der Waals surface area contributed by atoms with Gasteiger partial charge in [0.25, 0.3) is 5.97 Å². The second-order valence-corrected chi connectivity index (χ2v) is 10.6. The van der Waals surface area contributed by atoms with Gasteiger partial charge < -0.3 is 26.0 Å². The van der Waals surface area contributed by atoms with Gasteiger partial charge in [-0.05, 0) is 65.1 Å². The fourth-order valence-corrected chi connectivity index (χ4v) is 2.02. The molecule has 2 aromatic carbocycles. The Balaban J connectivity index is 0. The summed E-state index contributed by atoms with van der Waals surface area (Å²) in [6.07, 6.45) is 0. The van der Waals surface area contributed by atoms with Crippen molar-refractivity contribution >= 4 is 97.1 Å². The summed E-state index contributed by atoms with van der Waals surface area (Å²) < 4.78 is 11.1. The quantitative estimate of drug-likeness (QED) is 0.175. The van der Waals surface area contributed by atoms with Crippen LogP contribution in [0.1, 0.15) is 27.6 Å². The summed E-state index contributed by atoms with van der Waals surface area (Å²) in [7, 11) is 2.70. The molecular formula is C19H23I3N2O6. The van der Waals surface area contributed by atoms with Gasteiger partial charge in [-0.3, -0.25) is 4.79 Å². The minimum absolute atomic E-state index is 0.340. The summed E-state index contributed by atoms with van der Waals surface area (Å²) in [5, 5.41) is 7.42. The smallest absolute Gasteiger partial charge is 0.337 e. The van der Waals surface area contributed by atoms with Gasteiger partial charge in [0.15, 0.2) is 0 Å². The Bertz CT molecular complexity index is 797. The number of alkyl halides is 2. The Kier molecular flexibility index (Phi) is 18.9. The average molecular weight is 756 g/mol. The van der Waals surface area contributed by atoms with Crippen LogP contribution >= 0.6 is 67.8 Å². The van der Waals surface area contributed by atoms with E-state index in [2.05, 4.69) is 77.2 Å². The van der Waals surface area contributed by atoms with Gasteiger partial charge in [-0.1, -0.05) is 45.2 Å². The predicted molar refractivity (Wildman–Crippen MR) is 143 cm³/mol. The first-order valence-electron chi connectivity index (χ1n) is 7.92. The number of hydrogen-bond donors (Lipinski definition) is 3. The van der Waals surface area contributed by atoms with Crippen LogP contribution in [-0.4, -0.2) is 39.7 Å². The van der Waals surface area contributed by atoms with Crippen molar-refractivity contribution in [2.24, 2.45) is 0 Å². The van der Waals surface area contributed by atoms with Gasteiger partial charge >= 0.3 is 11.9 Å². The molecule has 2 rings (SSSR count). The molecule has 0 unspecified atom stereocenters. The third-order valence-electron chi connectivity index (χ3n) is 2.75. The van der Waals surface area contributed by atoms with Gasteiger partial charge in [-0.25, -0.2) is 9.59 Å². The maximum atomic E-state index is 11.0. The van der Waals surface area contributed by atoms with Crippen molar-refractivity contribution in [3.8, 4) is 0 Å². The van der Waals surface area contributed by atoms with Crippen LogP contribution in [0.25, 0.3) is 0 Å². The van der Waals surface area contributed by atoms with Crippen molar-refractivity contribution in [3.63, 3.8) is 0 Å². The maximum Gasteiger partial charge on any atom is 0.337 e. The Labute approximate surface area is 216 Å². The highest BCUT2D eigenvalue weighted by Crippen LogP contribution is 2.16. The van der Waals surface area contributed by atoms with E-state index in [1.165, 1.54) is 16.7 Å². The summed E-state index contributed by atoms with van der Waals surface area (Å²) >= 11 is 6.62. The number of ether oxygens (including phenoxy) is 2. The molecule has 0 aromatic heterocycles. The van der Waals surface area contributed by atoms with E-state index >= 15 is 0 Å². The number of halogens is 3. The summed E-state index contributed by atoms with van der Waals surface area (Å²) in [6.45, 7) is 1.08. The first kappa shape index (κ1) is 30.8. The molecule has 5 N–H and O–H groups in total. The van der Waals surface area contributed by atoms with Crippen molar-refractivity contribution in [2.75, 3.05) is 28.1 Å². The highest BCUT2D eigenvalue weighted by atomic mass is 127. The number of carbonyl (C=O) groups is 3. The Morgan fingerprint density at radius 2 is 1.27 bits per heavy atom. The number of carbonyl (C=O) groups excluding carboxylic acids is 2. The number of anilines is 2. The molecule has 0 aliphatic carbocycles. The zero-order valence-electron chi connectivity index (χ0n) is 16.5. The molecule has 8 nitrogen and oxygen atoms in total. The lowest BCUT2D eigenvalue weighted by Gasteiger charge is -2.01. The largest absolute Gasteiger partial charge is 0.481 e. The molecule has 0 atom stereocenters. The Hall–Kier alpha value is -1.36. The standard InChI is InChI=1S/C8H8INO2.C8H9NO2.C2H4O2.CH2I2/c1-12-8(11)5-2-3-7(10)6(9)4-5;1-11-8(10)6-2-4-7(9)5-3-6;1-2(3)4;2-1-3/h2-4H,10H2,1H3;2-5H,9H2,1H3;1H3,(H,3,4);1H2. The van der Waals surface area contributed by atoms with Gasteiger partial charge in [0.05, 0.1) is 27.8 Å². The number of benzene rings is 2. The van der Waals surface area contributed by atoms with Gasteiger partial charge in [0, 0.05) is 21.9 Å². The van der Waals surface area contributed by atoms with Crippen LogP contribution in [0.4, 0.5) is 11.4 Å². The number of rotatable bonds is 2. The number of hydrogen-bond acceptors (Lipinski definition) is 7. The summed E-state index contributed by atoms with van der Waals surface area (Å²) in [5.41, 5.74) is 13.3. The fraction of sp³-hybridized carbons (Fsp3) is 0.211. The van der Waals surface area contributed by atoms with E-state index in [0.29, 0.717) is 22.5 Å². The molecule has 30 heavy (non-hydrogen) atoms. The Morgan fingerprint density at radius 1 is 0.900 bits per heavy atom. The SMILES string of the molecule is CC(=O)O.COC(=O)c1ccc(N)c(I)c1.COC(=O)c1ccc(N)cc1.ICI. The molecule has 0 radical (unpaired) electrons. The highest BCUT2D eigenvalue weighted by molar-refractivity contribution is 14.2. The van der Waals surface area contributed by atoms with E-state index in [1.54, 1.807) is 42.5 Å². The molecule has 0 aliphatic heterocycles. The number of methoxy groups -OCH3 is 2. The fourth-order valence-electron chi connectivity index (χ4n) is 1.51. The van der Waals surface area contributed by atoms with Crippen LogP contribution in [0, 0.1) is 3.57 Å². The van der Waals surface area contributed by atoms with Crippen molar-refractivity contribution in [2.45, 2.75) is 6.92 Å². The van der Waals surface area contributed by atoms with E-state index in [1.807, 2.05) is 0 Å². The lowest BCUT2D eigenvalue weighted by atomic mass is 10.2. The second-order valence-electron chi connectivity index (χ2n) is 4.96. The van der Waals surface area contributed by atoms with E-state index in [4.69, 9.17) is 21.4 Å². The van der Waals surface area contributed by atoms with Crippen LogP contribution in [0.3, 0.4) is 0 Å². The second kappa shape index (κ2) is 18.4. The van der Waals surface area contributed by atoms with Gasteiger partial charge in [0.1, 0.15) is 0 Å². The zero-order valence-corrected chi connectivity index (χ0v) is 23.0. The number of aliphatic carboxylic acids is 1. The monoisotopic (exact) mass is 756 g/mol. The van der Waals surface area contributed by atoms with Crippen molar-refractivity contribution in [1.82, 2.24) is 0 Å². The van der Waals surface area contributed by atoms with E-state index in [9.17, 15) is 9.59 Å². The lowest BCUT2D eigenvalue weighted by molar-refractivity contribution is -0.134. The zero-order chi connectivity index (χ0) is 23.7. The molecule has 0 bridgehead atoms.